The van der Waals surface area contributed by atoms with Crippen LogP contribution < -0.4 is 5.32 Å². The van der Waals surface area contributed by atoms with Crippen molar-refractivity contribution in [3.8, 4) is 0 Å². The highest BCUT2D eigenvalue weighted by molar-refractivity contribution is 9.10. The molecule has 0 saturated carbocycles. The van der Waals surface area contributed by atoms with Crippen molar-refractivity contribution in [2.45, 2.75) is 6.04 Å². The average molecular weight is 365 g/mol. The largest absolute Gasteiger partial charge is 0.309 e. The van der Waals surface area contributed by atoms with Crippen molar-refractivity contribution in [3.05, 3.63) is 68.4 Å². The minimum atomic E-state index is -0.958. The first-order chi connectivity index (χ1) is 9.43. The highest BCUT2D eigenvalue weighted by Crippen LogP contribution is 2.33. The van der Waals surface area contributed by atoms with Crippen LogP contribution in [0.4, 0.5) is 13.2 Å². The van der Waals surface area contributed by atoms with Crippen molar-refractivity contribution in [2.24, 2.45) is 0 Å². The predicted molar refractivity (Wildman–Crippen MR) is 76.4 cm³/mol. The molecule has 20 heavy (non-hydrogen) atoms. The zero-order valence-electron chi connectivity index (χ0n) is 10.4. The van der Waals surface area contributed by atoms with E-state index < -0.39 is 23.5 Å². The molecule has 0 radical (unpaired) electrons. The Kier molecular flexibility index (Phi) is 4.73. The molecule has 0 bridgehead atoms. The van der Waals surface area contributed by atoms with Gasteiger partial charge in [0.25, 0.3) is 0 Å². The lowest BCUT2D eigenvalue weighted by molar-refractivity contribution is 0.500. The van der Waals surface area contributed by atoms with Gasteiger partial charge in [-0.1, -0.05) is 33.6 Å². The fourth-order valence-electron chi connectivity index (χ4n) is 2.02. The van der Waals surface area contributed by atoms with E-state index in [9.17, 15) is 13.2 Å². The smallest absolute Gasteiger partial charge is 0.134 e. The molecule has 1 N–H and O–H groups in total. The van der Waals surface area contributed by atoms with Crippen LogP contribution in [0, 0.1) is 17.5 Å². The number of hydrogen-bond donors (Lipinski definition) is 1. The number of halogens is 5. The topological polar surface area (TPSA) is 12.0 Å². The van der Waals surface area contributed by atoms with Crippen LogP contribution in [-0.2, 0) is 0 Å². The van der Waals surface area contributed by atoms with Crippen LogP contribution in [0.25, 0.3) is 0 Å². The molecule has 2 rings (SSSR count). The molecular formula is C14H10BrClF3N. The minimum Gasteiger partial charge on any atom is -0.309 e. The molecule has 0 aromatic heterocycles. The van der Waals surface area contributed by atoms with Gasteiger partial charge in [-0.25, -0.2) is 13.2 Å². The Labute approximate surface area is 127 Å². The third-order valence-electron chi connectivity index (χ3n) is 2.89. The van der Waals surface area contributed by atoms with Crippen molar-refractivity contribution < 1.29 is 13.2 Å². The summed E-state index contributed by atoms with van der Waals surface area (Å²) in [5.74, 6) is -2.87. The quantitative estimate of drug-likeness (QED) is 0.823. The molecular weight excluding hydrogens is 355 g/mol. The molecule has 2 aromatic carbocycles. The van der Waals surface area contributed by atoms with E-state index in [4.69, 9.17) is 11.6 Å². The lowest BCUT2D eigenvalue weighted by Gasteiger charge is -2.20. The molecule has 1 atom stereocenters. The summed E-state index contributed by atoms with van der Waals surface area (Å²) in [6, 6.07) is 5.47. The van der Waals surface area contributed by atoms with Crippen LogP contribution in [0.1, 0.15) is 17.2 Å². The van der Waals surface area contributed by atoms with Crippen molar-refractivity contribution in [1.82, 2.24) is 5.32 Å². The van der Waals surface area contributed by atoms with Gasteiger partial charge in [0.2, 0.25) is 0 Å². The summed E-state index contributed by atoms with van der Waals surface area (Å²) in [5.41, 5.74) is 0.236. The van der Waals surface area contributed by atoms with Crippen molar-refractivity contribution in [2.75, 3.05) is 7.05 Å². The van der Waals surface area contributed by atoms with Gasteiger partial charge in [0, 0.05) is 27.2 Å². The zero-order chi connectivity index (χ0) is 14.9. The van der Waals surface area contributed by atoms with E-state index in [2.05, 4.69) is 21.2 Å². The third kappa shape index (κ3) is 3.00. The summed E-state index contributed by atoms with van der Waals surface area (Å²) < 4.78 is 41.5. The Morgan fingerprint density at radius 2 is 1.70 bits per heavy atom. The van der Waals surface area contributed by atoms with Crippen molar-refractivity contribution in [1.29, 1.82) is 0 Å². The van der Waals surface area contributed by atoms with Gasteiger partial charge in [0.05, 0.1) is 6.04 Å². The summed E-state index contributed by atoms with van der Waals surface area (Å²) in [4.78, 5) is 0. The fourth-order valence-corrected chi connectivity index (χ4v) is 2.80. The number of benzene rings is 2. The number of nitrogens with one attached hydrogen (secondary N) is 1. The first-order valence-electron chi connectivity index (χ1n) is 5.70. The van der Waals surface area contributed by atoms with E-state index in [1.807, 2.05) is 0 Å². The number of rotatable bonds is 3. The maximum atomic E-state index is 13.9. The molecule has 0 spiro atoms. The van der Waals surface area contributed by atoms with E-state index in [0.29, 0.717) is 22.7 Å². The standard InChI is InChI=1S/C14H10BrClF3N/c1-20-14(9-3-2-7(15)4-10(9)16)13-11(18)5-8(17)6-12(13)19/h2-6,14,20H,1H3. The van der Waals surface area contributed by atoms with Gasteiger partial charge in [-0.3, -0.25) is 0 Å². The van der Waals surface area contributed by atoms with Crippen LogP contribution in [0.3, 0.4) is 0 Å². The molecule has 0 aliphatic carbocycles. The Morgan fingerprint density at radius 3 is 2.20 bits per heavy atom. The molecule has 0 aliphatic rings. The van der Waals surface area contributed by atoms with Gasteiger partial charge in [-0.15, -0.1) is 0 Å². The van der Waals surface area contributed by atoms with Crippen LogP contribution in [0.15, 0.2) is 34.8 Å². The summed E-state index contributed by atoms with van der Waals surface area (Å²) in [5, 5.41) is 3.14. The van der Waals surface area contributed by atoms with Crippen LogP contribution in [-0.4, -0.2) is 7.05 Å². The van der Waals surface area contributed by atoms with Gasteiger partial charge in [-0.05, 0) is 24.7 Å². The van der Waals surface area contributed by atoms with E-state index in [1.165, 1.54) is 0 Å². The van der Waals surface area contributed by atoms with Gasteiger partial charge < -0.3 is 5.32 Å². The van der Waals surface area contributed by atoms with Gasteiger partial charge in [0.15, 0.2) is 0 Å². The summed E-state index contributed by atoms with van der Waals surface area (Å²) in [6.07, 6.45) is 0. The maximum Gasteiger partial charge on any atom is 0.134 e. The van der Waals surface area contributed by atoms with Crippen LogP contribution in [0.5, 0.6) is 0 Å². The molecule has 0 aliphatic heterocycles. The molecule has 2 aromatic rings. The second-order valence-corrected chi connectivity index (χ2v) is 5.49. The average Bonchev–Trinajstić information content (AvgIpc) is 2.34. The lowest BCUT2D eigenvalue weighted by atomic mass is 9.97. The van der Waals surface area contributed by atoms with E-state index >= 15 is 0 Å². The van der Waals surface area contributed by atoms with Gasteiger partial charge in [-0.2, -0.15) is 0 Å². The third-order valence-corrected chi connectivity index (χ3v) is 3.72. The lowest BCUT2D eigenvalue weighted by Crippen LogP contribution is -2.21. The minimum absolute atomic E-state index is 0.266. The summed E-state index contributed by atoms with van der Waals surface area (Å²) >= 11 is 9.36. The Morgan fingerprint density at radius 1 is 1.10 bits per heavy atom. The first-order valence-corrected chi connectivity index (χ1v) is 6.87. The molecule has 0 fully saturated rings. The monoisotopic (exact) mass is 363 g/mol. The Bertz CT molecular complexity index is 625. The molecule has 0 heterocycles. The van der Waals surface area contributed by atoms with Crippen molar-refractivity contribution in [3.63, 3.8) is 0 Å². The first kappa shape index (κ1) is 15.4. The number of hydrogen-bond acceptors (Lipinski definition) is 1. The van der Waals surface area contributed by atoms with Crippen LogP contribution >= 0.6 is 27.5 Å². The second-order valence-electron chi connectivity index (χ2n) is 4.17. The molecule has 1 unspecified atom stereocenters. The molecule has 0 saturated heterocycles. The molecule has 0 amide bonds. The van der Waals surface area contributed by atoms with Crippen LogP contribution in [0.2, 0.25) is 5.02 Å². The molecule has 6 heteroatoms. The molecule has 106 valence electrons. The molecule has 1 nitrogen and oxygen atoms in total. The van der Waals surface area contributed by atoms with E-state index in [0.717, 1.165) is 4.47 Å². The fraction of sp³-hybridized carbons (Fsp3) is 0.143. The van der Waals surface area contributed by atoms with E-state index in [1.54, 1.807) is 25.2 Å². The Balaban J connectivity index is 2.58. The predicted octanol–water partition coefficient (Wildman–Crippen LogP) is 4.83. The summed E-state index contributed by atoms with van der Waals surface area (Å²) in [7, 11) is 1.55. The van der Waals surface area contributed by atoms with Crippen molar-refractivity contribution >= 4 is 27.5 Å². The second kappa shape index (κ2) is 6.16. The zero-order valence-corrected chi connectivity index (χ0v) is 12.7. The normalized spacial score (nSPS) is 12.5. The Hall–Kier alpha value is -1.04. The highest BCUT2D eigenvalue weighted by Gasteiger charge is 2.23. The summed E-state index contributed by atoms with van der Waals surface area (Å²) in [6.45, 7) is 0. The maximum absolute atomic E-state index is 13.9. The van der Waals surface area contributed by atoms with Gasteiger partial charge in [0.1, 0.15) is 17.5 Å². The van der Waals surface area contributed by atoms with E-state index in [-0.39, 0.29) is 5.56 Å². The highest BCUT2D eigenvalue weighted by atomic mass is 79.9. The van der Waals surface area contributed by atoms with Gasteiger partial charge >= 0.3 is 0 Å². The SMILES string of the molecule is CNC(c1ccc(Br)cc1Cl)c1c(F)cc(F)cc1F.